The van der Waals surface area contributed by atoms with E-state index in [2.05, 4.69) is 32.9 Å². The van der Waals surface area contributed by atoms with Crippen LogP contribution in [0.1, 0.15) is 31.9 Å². The second kappa shape index (κ2) is 5.21. The Morgan fingerprint density at radius 2 is 1.71 bits per heavy atom. The van der Waals surface area contributed by atoms with Crippen LogP contribution in [-0.2, 0) is 16.8 Å². The number of benzene rings is 1. The number of carbonyl (C=O) groups is 1. The normalized spacial score (nSPS) is 11.1. The van der Waals surface area contributed by atoms with Crippen molar-refractivity contribution < 1.29 is 9.53 Å². The number of carbonyl (C=O) groups excluding carboxylic acids is 1. The van der Waals surface area contributed by atoms with Crippen LogP contribution in [0, 0.1) is 0 Å². The summed E-state index contributed by atoms with van der Waals surface area (Å²) in [5, 5.41) is 0. The zero-order chi connectivity index (χ0) is 13.1. The lowest BCUT2D eigenvalue weighted by atomic mass is 9.87. The molecule has 0 aromatic heterocycles. The molecule has 0 fully saturated rings. The third-order valence-corrected chi connectivity index (χ3v) is 2.55. The fraction of sp³-hybridized carbons (Fsp3) is 0.500. The first-order valence-electron chi connectivity index (χ1n) is 5.74. The first-order valence-corrected chi connectivity index (χ1v) is 5.74. The van der Waals surface area contributed by atoms with E-state index in [0.29, 0.717) is 6.61 Å². The van der Waals surface area contributed by atoms with E-state index in [4.69, 9.17) is 4.74 Å². The molecular formula is C14H21NO2. The lowest BCUT2D eigenvalue weighted by Crippen LogP contribution is -2.22. The molecule has 0 N–H and O–H groups in total. The average molecular weight is 235 g/mol. The van der Waals surface area contributed by atoms with Crippen molar-refractivity contribution >= 4 is 6.09 Å². The van der Waals surface area contributed by atoms with Crippen molar-refractivity contribution in [2.45, 2.75) is 32.8 Å². The van der Waals surface area contributed by atoms with E-state index in [-0.39, 0.29) is 11.5 Å². The molecule has 1 rings (SSSR count). The zero-order valence-electron chi connectivity index (χ0n) is 11.3. The molecule has 0 unspecified atom stereocenters. The lowest BCUT2D eigenvalue weighted by molar-refractivity contribution is 0.112. The Morgan fingerprint density at radius 1 is 1.18 bits per heavy atom. The molecule has 3 nitrogen and oxygen atoms in total. The molecule has 17 heavy (non-hydrogen) atoms. The van der Waals surface area contributed by atoms with Crippen LogP contribution in [0.3, 0.4) is 0 Å². The van der Waals surface area contributed by atoms with Gasteiger partial charge in [0.2, 0.25) is 0 Å². The highest BCUT2D eigenvalue weighted by molar-refractivity contribution is 5.66. The van der Waals surface area contributed by atoms with E-state index in [9.17, 15) is 4.79 Å². The maximum absolute atomic E-state index is 11.2. The summed E-state index contributed by atoms with van der Waals surface area (Å²) in [4.78, 5) is 12.7. The van der Waals surface area contributed by atoms with Crippen molar-refractivity contribution in [3.05, 3.63) is 35.4 Å². The Labute approximate surface area is 103 Å². The van der Waals surface area contributed by atoms with Crippen molar-refractivity contribution in [2.24, 2.45) is 0 Å². The highest BCUT2D eigenvalue weighted by Gasteiger charge is 2.13. The summed E-state index contributed by atoms with van der Waals surface area (Å²) in [6, 6.07) is 8.17. The van der Waals surface area contributed by atoms with E-state index < -0.39 is 0 Å². The molecule has 0 radical (unpaired) electrons. The second-order valence-corrected chi connectivity index (χ2v) is 5.40. The Kier molecular flexibility index (Phi) is 4.16. The number of ether oxygens (including phenoxy) is 1. The van der Waals surface area contributed by atoms with Gasteiger partial charge in [-0.2, -0.15) is 0 Å². The van der Waals surface area contributed by atoms with Gasteiger partial charge in [0, 0.05) is 14.1 Å². The van der Waals surface area contributed by atoms with Gasteiger partial charge in [-0.15, -0.1) is 0 Å². The van der Waals surface area contributed by atoms with Crippen LogP contribution >= 0.6 is 0 Å². The summed E-state index contributed by atoms with van der Waals surface area (Å²) in [5.74, 6) is 0. The van der Waals surface area contributed by atoms with Gasteiger partial charge in [0.05, 0.1) is 0 Å². The van der Waals surface area contributed by atoms with Crippen molar-refractivity contribution in [3.8, 4) is 0 Å². The zero-order valence-corrected chi connectivity index (χ0v) is 11.3. The van der Waals surface area contributed by atoms with Gasteiger partial charge >= 0.3 is 6.09 Å². The minimum atomic E-state index is -0.315. The molecule has 0 heterocycles. The predicted octanol–water partition coefficient (Wildman–Crippen LogP) is 3.18. The minimum absolute atomic E-state index is 0.152. The largest absolute Gasteiger partial charge is 0.445 e. The van der Waals surface area contributed by atoms with Crippen LogP contribution in [0.4, 0.5) is 4.79 Å². The van der Waals surface area contributed by atoms with Gasteiger partial charge in [-0.05, 0) is 16.5 Å². The number of hydrogen-bond acceptors (Lipinski definition) is 2. The standard InChI is InChI=1S/C14H21NO2/c1-14(2,3)12-8-6-11(7-9-12)10-17-13(16)15(4)5/h6-9H,10H2,1-5H3. The number of rotatable bonds is 2. The van der Waals surface area contributed by atoms with Crippen molar-refractivity contribution in [1.29, 1.82) is 0 Å². The van der Waals surface area contributed by atoms with Crippen LogP contribution < -0.4 is 0 Å². The fourth-order valence-electron chi connectivity index (χ4n) is 1.38. The molecule has 1 amide bonds. The van der Waals surface area contributed by atoms with Crippen LogP contribution in [0.15, 0.2) is 24.3 Å². The van der Waals surface area contributed by atoms with Crippen LogP contribution in [0.5, 0.6) is 0 Å². The Morgan fingerprint density at radius 3 is 2.12 bits per heavy atom. The lowest BCUT2D eigenvalue weighted by Gasteiger charge is -2.19. The topological polar surface area (TPSA) is 29.5 Å². The van der Waals surface area contributed by atoms with E-state index >= 15 is 0 Å². The molecule has 0 saturated heterocycles. The summed E-state index contributed by atoms with van der Waals surface area (Å²) in [6.45, 7) is 6.84. The molecular weight excluding hydrogens is 214 g/mol. The SMILES string of the molecule is CN(C)C(=O)OCc1ccc(C(C)(C)C)cc1. The Hall–Kier alpha value is -1.51. The second-order valence-electron chi connectivity index (χ2n) is 5.40. The smallest absolute Gasteiger partial charge is 0.409 e. The maximum Gasteiger partial charge on any atom is 0.409 e. The summed E-state index contributed by atoms with van der Waals surface area (Å²) < 4.78 is 5.10. The molecule has 3 heteroatoms. The van der Waals surface area contributed by atoms with E-state index in [1.54, 1.807) is 14.1 Å². The van der Waals surface area contributed by atoms with Gasteiger partial charge in [0.25, 0.3) is 0 Å². The third kappa shape index (κ3) is 4.10. The molecule has 1 aromatic rings. The molecule has 94 valence electrons. The predicted molar refractivity (Wildman–Crippen MR) is 69.0 cm³/mol. The highest BCUT2D eigenvalue weighted by atomic mass is 16.6. The fourth-order valence-corrected chi connectivity index (χ4v) is 1.38. The van der Waals surface area contributed by atoms with Crippen molar-refractivity contribution in [2.75, 3.05) is 14.1 Å². The van der Waals surface area contributed by atoms with Crippen LogP contribution in [0.25, 0.3) is 0 Å². The van der Waals surface area contributed by atoms with Gasteiger partial charge < -0.3 is 9.64 Å². The van der Waals surface area contributed by atoms with E-state index in [1.807, 2.05) is 12.1 Å². The number of nitrogens with zero attached hydrogens (tertiary/aromatic N) is 1. The summed E-state index contributed by atoms with van der Waals surface area (Å²) in [6.07, 6.45) is -0.315. The molecule has 0 saturated carbocycles. The summed E-state index contributed by atoms with van der Waals surface area (Å²) in [5.41, 5.74) is 2.44. The molecule has 0 aliphatic carbocycles. The first kappa shape index (κ1) is 13.6. The highest BCUT2D eigenvalue weighted by Crippen LogP contribution is 2.22. The molecule has 0 spiro atoms. The maximum atomic E-state index is 11.2. The quantitative estimate of drug-likeness (QED) is 0.788. The molecule has 0 aliphatic rings. The van der Waals surface area contributed by atoms with Gasteiger partial charge in [0.15, 0.2) is 0 Å². The monoisotopic (exact) mass is 235 g/mol. The number of hydrogen-bond donors (Lipinski definition) is 0. The molecule has 1 aromatic carbocycles. The molecule has 0 atom stereocenters. The minimum Gasteiger partial charge on any atom is -0.445 e. The summed E-state index contributed by atoms with van der Waals surface area (Å²) >= 11 is 0. The first-order chi connectivity index (χ1) is 7.80. The Balaban J connectivity index is 2.61. The molecule has 0 bridgehead atoms. The van der Waals surface area contributed by atoms with Crippen molar-refractivity contribution in [3.63, 3.8) is 0 Å². The van der Waals surface area contributed by atoms with Gasteiger partial charge in [-0.25, -0.2) is 4.79 Å². The van der Waals surface area contributed by atoms with E-state index in [0.717, 1.165) is 5.56 Å². The van der Waals surface area contributed by atoms with Gasteiger partial charge in [-0.1, -0.05) is 45.0 Å². The van der Waals surface area contributed by atoms with Gasteiger partial charge in [0.1, 0.15) is 6.61 Å². The average Bonchev–Trinajstić information content (AvgIpc) is 2.25. The van der Waals surface area contributed by atoms with Crippen molar-refractivity contribution in [1.82, 2.24) is 4.90 Å². The van der Waals surface area contributed by atoms with Crippen LogP contribution in [0.2, 0.25) is 0 Å². The van der Waals surface area contributed by atoms with E-state index in [1.165, 1.54) is 10.5 Å². The third-order valence-electron chi connectivity index (χ3n) is 2.55. The van der Waals surface area contributed by atoms with Gasteiger partial charge in [-0.3, -0.25) is 0 Å². The Bertz CT molecular complexity index is 374. The summed E-state index contributed by atoms with van der Waals surface area (Å²) in [7, 11) is 3.34. The number of amides is 1. The van der Waals surface area contributed by atoms with Crippen LogP contribution in [-0.4, -0.2) is 25.1 Å². The molecule has 0 aliphatic heterocycles.